The first-order chi connectivity index (χ1) is 20.4. The Kier molecular flexibility index (Phi) is 10.00. The lowest BCUT2D eigenvalue weighted by atomic mass is 9.88. The minimum absolute atomic E-state index is 0.0639. The van der Waals surface area contributed by atoms with E-state index in [2.05, 4.69) is 6.07 Å². The summed E-state index contributed by atoms with van der Waals surface area (Å²) in [7, 11) is 2.64. The average molecular weight is 598 g/mol. The van der Waals surface area contributed by atoms with E-state index in [-0.39, 0.29) is 23.5 Å². The summed E-state index contributed by atoms with van der Waals surface area (Å²) in [6, 6.07) is 8.45. The maximum atomic E-state index is 13.5. The zero-order valence-electron chi connectivity index (χ0n) is 24.2. The first-order valence-electron chi connectivity index (χ1n) is 13.2. The Labute approximate surface area is 247 Å². The van der Waals surface area contributed by atoms with E-state index in [1.165, 1.54) is 26.2 Å². The van der Waals surface area contributed by atoms with E-state index in [1.807, 2.05) is 20.0 Å². The van der Waals surface area contributed by atoms with Gasteiger partial charge in [0.05, 0.1) is 37.0 Å². The zero-order chi connectivity index (χ0) is 32.1. The van der Waals surface area contributed by atoms with Gasteiger partial charge in [0, 0.05) is 23.0 Å². The van der Waals surface area contributed by atoms with E-state index in [1.54, 1.807) is 24.4 Å². The predicted octanol–water partition coefficient (Wildman–Crippen LogP) is 4.33. The van der Waals surface area contributed by atoms with Crippen LogP contribution in [0.1, 0.15) is 49.1 Å². The molecular weight excluding hydrogens is 565 g/mol. The maximum Gasteiger partial charge on any atom is 0.416 e. The van der Waals surface area contributed by atoms with Crippen molar-refractivity contribution in [2.75, 3.05) is 19.1 Å². The van der Waals surface area contributed by atoms with E-state index < -0.39 is 35.7 Å². The van der Waals surface area contributed by atoms with Crippen LogP contribution in [0.15, 0.2) is 78.0 Å². The molecule has 0 bridgehead atoms. The summed E-state index contributed by atoms with van der Waals surface area (Å²) in [5, 5.41) is 18.5. The summed E-state index contributed by atoms with van der Waals surface area (Å²) in [4.78, 5) is 28.8. The lowest BCUT2D eigenvalue weighted by Crippen LogP contribution is -3.00. The minimum Gasteiger partial charge on any atom is -0.491 e. The van der Waals surface area contributed by atoms with Crippen molar-refractivity contribution in [2.24, 2.45) is 5.73 Å². The van der Waals surface area contributed by atoms with Crippen LogP contribution in [-0.4, -0.2) is 37.1 Å². The quantitative estimate of drug-likeness (QED) is 0.424. The average Bonchev–Trinajstić information content (AvgIpc) is 3.44. The van der Waals surface area contributed by atoms with Crippen molar-refractivity contribution in [1.29, 1.82) is 10.7 Å². The van der Waals surface area contributed by atoms with Gasteiger partial charge in [-0.15, -0.1) is 0 Å². The molecule has 2 amide bonds. The number of benzene rings is 2. The van der Waals surface area contributed by atoms with Crippen LogP contribution in [0, 0.1) is 16.7 Å². The molecule has 2 aromatic rings. The number of methoxy groups -OCH3 is 2. The van der Waals surface area contributed by atoms with Crippen LogP contribution in [0.4, 0.5) is 23.7 Å². The number of nitrogens with zero attached hydrogens (tertiary/aromatic N) is 3. The molecule has 0 aromatic heterocycles. The molecule has 0 aliphatic carbocycles. The third-order valence-corrected chi connectivity index (χ3v) is 6.76. The third-order valence-electron chi connectivity index (χ3n) is 6.76. The summed E-state index contributed by atoms with van der Waals surface area (Å²) in [6.07, 6.45) is 0.680. The predicted molar refractivity (Wildman–Crippen MR) is 152 cm³/mol. The summed E-state index contributed by atoms with van der Waals surface area (Å²) in [6.45, 7) is 5.70. The second kappa shape index (κ2) is 13.3. The topological polar surface area (TPSA) is 137 Å². The molecule has 4 rings (SSSR count). The van der Waals surface area contributed by atoms with Gasteiger partial charge in [0.15, 0.2) is 5.76 Å². The molecule has 0 saturated carbocycles. The summed E-state index contributed by atoms with van der Waals surface area (Å²) in [5.74, 6) is -0.843. The number of anilines is 1. The summed E-state index contributed by atoms with van der Waals surface area (Å²) < 4.78 is 50.8. The number of esters is 1. The van der Waals surface area contributed by atoms with Crippen LogP contribution in [-0.2, 0) is 27.0 Å². The number of guanidine groups is 1. The molecule has 2 aromatic carbocycles. The summed E-state index contributed by atoms with van der Waals surface area (Å²) in [5.41, 5.74) is 5.82. The van der Waals surface area contributed by atoms with Gasteiger partial charge in [-0.05, 0) is 42.8 Å². The van der Waals surface area contributed by atoms with Crippen molar-refractivity contribution in [1.82, 2.24) is 4.90 Å². The highest BCUT2D eigenvalue weighted by Gasteiger charge is 2.45. The number of quaternary nitrogens is 1. The molecule has 2 aliphatic heterocycles. The number of carbonyl (C=O) groups is 2. The molecule has 2 atom stereocenters. The van der Waals surface area contributed by atoms with Gasteiger partial charge in [0.2, 0.25) is 5.96 Å². The zero-order valence-corrected chi connectivity index (χ0v) is 24.2. The number of ether oxygens (including phenoxy) is 2. The standard InChI is InChI=1S/C28H25F3N6O4.C2H6/c1-16-23(25(38)41-3)24(22-8-7-17(13-32)11-18(22)14-35-10-9-21(15-35)40-2)37(27(34)39)26(33)36(16)20-6-4-5-19(12-20)28(29,30)31;1-2/h4-12,15,24,33H,14H2,1-3H3,(H2,34,39);1-2H3/p+1/t24-;/m1./s1. The van der Waals surface area contributed by atoms with E-state index in [0.29, 0.717) is 22.4 Å². The third kappa shape index (κ3) is 6.54. The van der Waals surface area contributed by atoms with Crippen molar-refractivity contribution in [3.8, 4) is 6.07 Å². The van der Waals surface area contributed by atoms with Gasteiger partial charge < -0.3 is 15.2 Å². The molecule has 2 heterocycles. The van der Waals surface area contributed by atoms with Gasteiger partial charge in [-0.1, -0.05) is 26.0 Å². The number of hydrogen-bond acceptors (Lipinski definition) is 6. The fourth-order valence-corrected chi connectivity index (χ4v) is 4.89. The van der Waals surface area contributed by atoms with Gasteiger partial charge >= 0.3 is 18.2 Å². The Bertz CT molecular complexity index is 1560. The van der Waals surface area contributed by atoms with Crippen LogP contribution >= 0.6 is 0 Å². The normalized spacial score (nSPS) is 18.0. The van der Waals surface area contributed by atoms with E-state index in [4.69, 9.17) is 20.6 Å². The molecule has 10 nitrogen and oxygen atoms in total. The van der Waals surface area contributed by atoms with Crippen LogP contribution in [0.5, 0.6) is 0 Å². The van der Waals surface area contributed by atoms with Crippen molar-refractivity contribution in [3.05, 3.63) is 100 Å². The molecule has 0 fully saturated rings. The number of urea groups is 1. The molecule has 43 heavy (non-hydrogen) atoms. The fourth-order valence-electron chi connectivity index (χ4n) is 4.89. The molecule has 4 N–H and O–H groups in total. The largest absolute Gasteiger partial charge is 0.491 e. The molecule has 1 unspecified atom stereocenters. The van der Waals surface area contributed by atoms with Gasteiger partial charge in [0.25, 0.3) is 0 Å². The number of primary amides is 1. The smallest absolute Gasteiger partial charge is 0.416 e. The number of nitrogens with two attached hydrogens (primary N) is 1. The number of alkyl halides is 3. The molecule has 226 valence electrons. The number of rotatable bonds is 6. The van der Waals surface area contributed by atoms with Crippen LogP contribution in [0.2, 0.25) is 0 Å². The van der Waals surface area contributed by atoms with E-state index in [9.17, 15) is 28.0 Å². The Balaban J connectivity index is 0.00000248. The fraction of sp³-hybridized carbons (Fsp3) is 0.267. The first-order valence-corrected chi connectivity index (χ1v) is 13.2. The van der Waals surface area contributed by atoms with Gasteiger partial charge in [-0.3, -0.25) is 20.1 Å². The first kappa shape index (κ1) is 32.4. The second-order valence-electron chi connectivity index (χ2n) is 9.17. The lowest BCUT2D eigenvalue weighted by molar-refractivity contribution is -0.803. The highest BCUT2D eigenvalue weighted by molar-refractivity contribution is 6.10. The SMILES string of the molecule is CC.COC(=O)C1=C(C)N(c2cccc(C(F)(F)F)c2)C(=N)N(C(N)=O)[C@@H]1c1ccc(C#N)cc1C[NH+]1C=CC(OC)=C1. The van der Waals surface area contributed by atoms with Crippen molar-refractivity contribution < 1.29 is 37.1 Å². The number of amides is 2. The van der Waals surface area contributed by atoms with Gasteiger partial charge in [0.1, 0.15) is 25.0 Å². The van der Waals surface area contributed by atoms with Crippen LogP contribution < -0.4 is 15.5 Å². The van der Waals surface area contributed by atoms with Gasteiger partial charge in [-0.2, -0.15) is 18.4 Å². The maximum absolute atomic E-state index is 13.5. The lowest BCUT2D eigenvalue weighted by Gasteiger charge is -2.43. The van der Waals surface area contributed by atoms with E-state index in [0.717, 1.165) is 40.0 Å². The molecular formula is C30H32F3N6O4+. The Hall–Kier alpha value is -5.09. The monoisotopic (exact) mass is 597 g/mol. The molecule has 2 aliphatic rings. The number of nitrogens with one attached hydrogen (secondary N) is 2. The highest BCUT2D eigenvalue weighted by atomic mass is 19.4. The van der Waals surface area contributed by atoms with Crippen molar-refractivity contribution >= 4 is 23.6 Å². The number of allylic oxidation sites excluding steroid dienone is 2. The molecule has 13 heteroatoms. The number of halogens is 3. The number of carbonyl (C=O) groups excluding carboxylic acids is 2. The summed E-state index contributed by atoms with van der Waals surface area (Å²) >= 11 is 0. The van der Waals surface area contributed by atoms with Crippen molar-refractivity contribution in [2.45, 2.75) is 39.5 Å². The Morgan fingerprint density at radius 1 is 1.16 bits per heavy atom. The Morgan fingerprint density at radius 2 is 1.86 bits per heavy atom. The van der Waals surface area contributed by atoms with Crippen molar-refractivity contribution in [3.63, 3.8) is 0 Å². The van der Waals surface area contributed by atoms with Crippen LogP contribution in [0.3, 0.4) is 0 Å². The number of nitriles is 1. The van der Waals surface area contributed by atoms with E-state index >= 15 is 0 Å². The molecule has 0 saturated heterocycles. The molecule has 0 spiro atoms. The Morgan fingerprint density at radius 3 is 2.42 bits per heavy atom. The minimum atomic E-state index is -4.68. The number of hydrogen-bond donors (Lipinski definition) is 3. The highest BCUT2D eigenvalue weighted by Crippen LogP contribution is 2.42. The van der Waals surface area contributed by atoms with Gasteiger partial charge in [-0.25, -0.2) is 9.59 Å². The molecule has 0 radical (unpaired) electrons. The second-order valence-corrected chi connectivity index (χ2v) is 9.17. The van der Waals surface area contributed by atoms with Crippen LogP contribution in [0.25, 0.3) is 0 Å².